The second-order valence-corrected chi connectivity index (χ2v) is 7.20. The minimum Gasteiger partial charge on any atom is -0.497 e. The van der Waals surface area contributed by atoms with Crippen LogP contribution in [0.4, 0.5) is 5.82 Å². The van der Waals surface area contributed by atoms with Gasteiger partial charge in [-0.3, -0.25) is 0 Å². The molecule has 1 N–H and O–H groups in total. The Hall–Kier alpha value is -2.93. The smallest absolute Gasteiger partial charge is 0.347 e. The number of nitrogens with one attached hydrogen (secondary N) is 1. The summed E-state index contributed by atoms with van der Waals surface area (Å²) in [5, 5.41) is 4.00. The second kappa shape index (κ2) is 8.21. The van der Waals surface area contributed by atoms with Crippen LogP contribution in [-0.2, 0) is 6.42 Å². The van der Waals surface area contributed by atoms with E-state index in [0.717, 1.165) is 43.0 Å². The van der Waals surface area contributed by atoms with Gasteiger partial charge < -0.3 is 19.4 Å². The van der Waals surface area contributed by atoms with Crippen molar-refractivity contribution in [3.63, 3.8) is 0 Å². The van der Waals surface area contributed by atoms with Crippen LogP contribution in [0.2, 0.25) is 0 Å². The molecule has 1 aromatic carbocycles. The number of aryl methyl sites for hydroxylation is 1. The van der Waals surface area contributed by atoms with Crippen LogP contribution >= 0.6 is 0 Å². The van der Waals surface area contributed by atoms with Crippen LogP contribution in [0.1, 0.15) is 25.8 Å². The number of hydrogen-bond acceptors (Lipinski definition) is 7. The summed E-state index contributed by atoms with van der Waals surface area (Å²) in [5.41, 5.74) is 1.79. The molecule has 0 amide bonds. The van der Waals surface area contributed by atoms with Crippen LogP contribution in [0.5, 0.6) is 5.75 Å². The van der Waals surface area contributed by atoms with Crippen molar-refractivity contribution >= 4 is 16.7 Å². The molecule has 0 saturated carbocycles. The Labute approximate surface area is 169 Å². The molecule has 2 aromatic heterocycles. The highest BCUT2D eigenvalue weighted by Crippen LogP contribution is 2.31. The number of pyridine rings is 1. The number of fused-ring (bicyclic) bond motifs is 1. The van der Waals surface area contributed by atoms with Crippen LogP contribution in [0.25, 0.3) is 22.4 Å². The molecule has 1 fully saturated rings. The third-order valence-electron chi connectivity index (χ3n) is 5.40. The molecule has 152 valence electrons. The molecule has 1 aliphatic rings. The first-order valence-electron chi connectivity index (χ1n) is 10.1. The zero-order chi connectivity index (χ0) is 20.4. The normalized spacial score (nSPS) is 16.5. The Balaban J connectivity index is 1.81. The molecule has 1 atom stereocenters. The number of anilines is 1. The van der Waals surface area contributed by atoms with E-state index < -0.39 is 0 Å². The number of likely N-dealkylation sites (N-methyl/N-ethyl adjacent to an activating group) is 1. The third-order valence-corrected chi connectivity index (χ3v) is 5.40. The van der Waals surface area contributed by atoms with Gasteiger partial charge in [-0.25, -0.2) is 14.8 Å². The van der Waals surface area contributed by atoms with Crippen molar-refractivity contribution < 1.29 is 9.15 Å². The van der Waals surface area contributed by atoms with E-state index >= 15 is 0 Å². The van der Waals surface area contributed by atoms with E-state index in [2.05, 4.69) is 27.1 Å². The highest BCUT2D eigenvalue weighted by molar-refractivity contribution is 5.84. The van der Waals surface area contributed by atoms with Crippen LogP contribution in [-0.4, -0.2) is 42.8 Å². The van der Waals surface area contributed by atoms with Gasteiger partial charge in [0.05, 0.1) is 23.6 Å². The standard InChI is InChI=1S/C22H26N4O3/c1-4-14-11-16(28-3)12-18-19(14)22(27)29-21(25-18)17-7-6-9-24-20(17)26-10-8-15(13-26)23-5-2/h6-7,9,11-12,15,23H,4-5,8,10,13H2,1-3H3. The first-order chi connectivity index (χ1) is 14.1. The fraction of sp³-hybridized carbons (Fsp3) is 0.409. The van der Waals surface area contributed by atoms with Gasteiger partial charge in [0.15, 0.2) is 0 Å². The molecule has 1 aliphatic heterocycles. The summed E-state index contributed by atoms with van der Waals surface area (Å²) < 4.78 is 11.1. The van der Waals surface area contributed by atoms with Gasteiger partial charge in [-0.05, 0) is 43.1 Å². The van der Waals surface area contributed by atoms with Crippen molar-refractivity contribution in [3.05, 3.63) is 46.4 Å². The predicted octanol–water partition coefficient (Wildman–Crippen LogP) is 3.01. The SMILES string of the molecule is CCNC1CCN(c2ncccc2-c2nc3cc(OC)cc(CC)c3c(=O)o2)C1. The first-order valence-corrected chi connectivity index (χ1v) is 10.1. The van der Waals surface area contributed by atoms with Gasteiger partial charge in [-0.1, -0.05) is 13.8 Å². The zero-order valence-electron chi connectivity index (χ0n) is 17.1. The molecule has 0 bridgehead atoms. The number of benzene rings is 1. The van der Waals surface area contributed by atoms with Crippen LogP contribution in [0.15, 0.2) is 39.7 Å². The molecule has 3 heterocycles. The van der Waals surface area contributed by atoms with E-state index in [-0.39, 0.29) is 11.5 Å². The summed E-state index contributed by atoms with van der Waals surface area (Å²) in [7, 11) is 1.61. The van der Waals surface area contributed by atoms with Crippen LogP contribution in [0, 0.1) is 0 Å². The largest absolute Gasteiger partial charge is 0.497 e. The summed E-state index contributed by atoms with van der Waals surface area (Å²) in [6, 6.07) is 7.82. The van der Waals surface area contributed by atoms with E-state index in [1.807, 2.05) is 25.1 Å². The molecule has 7 nitrogen and oxygen atoms in total. The highest BCUT2D eigenvalue weighted by Gasteiger charge is 2.26. The summed E-state index contributed by atoms with van der Waals surface area (Å²) in [5.74, 6) is 1.76. The number of nitrogens with zero attached hydrogens (tertiary/aromatic N) is 3. The topological polar surface area (TPSA) is 80.5 Å². The maximum absolute atomic E-state index is 12.8. The monoisotopic (exact) mass is 394 g/mol. The Bertz CT molecular complexity index is 1080. The van der Waals surface area contributed by atoms with Crippen molar-refractivity contribution in [1.29, 1.82) is 0 Å². The Morgan fingerprint density at radius 3 is 2.97 bits per heavy atom. The highest BCUT2D eigenvalue weighted by atomic mass is 16.5. The van der Waals surface area contributed by atoms with Crippen molar-refractivity contribution in [2.45, 2.75) is 32.7 Å². The van der Waals surface area contributed by atoms with E-state index in [1.54, 1.807) is 19.4 Å². The Morgan fingerprint density at radius 1 is 1.34 bits per heavy atom. The lowest BCUT2D eigenvalue weighted by atomic mass is 10.1. The molecular weight excluding hydrogens is 368 g/mol. The predicted molar refractivity (Wildman–Crippen MR) is 114 cm³/mol. The molecule has 4 rings (SSSR count). The first kappa shape index (κ1) is 19.4. The van der Waals surface area contributed by atoms with Crippen molar-refractivity contribution in [2.24, 2.45) is 0 Å². The molecule has 0 aliphatic carbocycles. The second-order valence-electron chi connectivity index (χ2n) is 7.20. The minimum absolute atomic E-state index is 0.285. The van der Waals surface area contributed by atoms with Crippen LogP contribution in [0.3, 0.4) is 0 Å². The maximum Gasteiger partial charge on any atom is 0.347 e. The number of ether oxygens (including phenoxy) is 1. The average Bonchev–Trinajstić information content (AvgIpc) is 3.21. The van der Waals surface area contributed by atoms with E-state index in [4.69, 9.17) is 9.15 Å². The van der Waals surface area contributed by atoms with Gasteiger partial charge in [-0.15, -0.1) is 0 Å². The fourth-order valence-corrected chi connectivity index (χ4v) is 3.99. The molecular formula is C22H26N4O3. The number of rotatable bonds is 6. The quantitative estimate of drug-likeness (QED) is 0.688. The molecule has 7 heteroatoms. The molecule has 1 unspecified atom stereocenters. The summed E-state index contributed by atoms with van der Waals surface area (Å²) in [4.78, 5) is 24.3. The summed E-state index contributed by atoms with van der Waals surface area (Å²) in [6.45, 7) is 6.81. The summed E-state index contributed by atoms with van der Waals surface area (Å²) in [6.07, 6.45) is 3.50. The maximum atomic E-state index is 12.8. The molecule has 0 radical (unpaired) electrons. The lowest BCUT2D eigenvalue weighted by Gasteiger charge is -2.20. The number of hydrogen-bond donors (Lipinski definition) is 1. The number of aromatic nitrogens is 2. The lowest BCUT2D eigenvalue weighted by Crippen LogP contribution is -2.32. The van der Waals surface area contributed by atoms with Crippen molar-refractivity contribution in [1.82, 2.24) is 15.3 Å². The third kappa shape index (κ3) is 3.70. The molecule has 29 heavy (non-hydrogen) atoms. The van der Waals surface area contributed by atoms with E-state index in [9.17, 15) is 4.79 Å². The molecule has 0 spiro atoms. The Morgan fingerprint density at radius 2 is 2.21 bits per heavy atom. The molecule has 1 saturated heterocycles. The molecule has 3 aromatic rings. The Kier molecular flexibility index (Phi) is 5.49. The lowest BCUT2D eigenvalue weighted by molar-refractivity contribution is 0.414. The van der Waals surface area contributed by atoms with Gasteiger partial charge in [0.2, 0.25) is 5.89 Å². The van der Waals surface area contributed by atoms with E-state index in [0.29, 0.717) is 29.1 Å². The summed E-state index contributed by atoms with van der Waals surface area (Å²) >= 11 is 0. The minimum atomic E-state index is -0.383. The fourth-order valence-electron chi connectivity index (χ4n) is 3.99. The van der Waals surface area contributed by atoms with Gasteiger partial charge in [0.25, 0.3) is 0 Å². The van der Waals surface area contributed by atoms with Gasteiger partial charge in [0, 0.05) is 31.4 Å². The zero-order valence-corrected chi connectivity index (χ0v) is 17.1. The van der Waals surface area contributed by atoms with E-state index in [1.165, 1.54) is 0 Å². The van der Waals surface area contributed by atoms with Crippen molar-refractivity contribution in [2.75, 3.05) is 31.6 Å². The van der Waals surface area contributed by atoms with Gasteiger partial charge in [-0.2, -0.15) is 0 Å². The van der Waals surface area contributed by atoms with Crippen LogP contribution < -0.4 is 20.6 Å². The van der Waals surface area contributed by atoms with Crippen molar-refractivity contribution in [3.8, 4) is 17.2 Å². The number of methoxy groups -OCH3 is 1. The van der Waals surface area contributed by atoms with Gasteiger partial charge in [0.1, 0.15) is 11.6 Å². The van der Waals surface area contributed by atoms with Gasteiger partial charge >= 0.3 is 5.63 Å². The average molecular weight is 394 g/mol.